The number of anilines is 1. The number of amides is 1. The molecule has 5 nitrogen and oxygen atoms in total. The van der Waals surface area contributed by atoms with Crippen molar-refractivity contribution in [2.75, 3.05) is 24.5 Å². The van der Waals surface area contributed by atoms with Crippen LogP contribution in [0.3, 0.4) is 0 Å². The molecule has 2 N–H and O–H groups in total. The predicted octanol–water partition coefficient (Wildman–Crippen LogP) is 1.84. The number of fused-ring (bicyclic) bond motifs is 1. The first-order valence-corrected chi connectivity index (χ1v) is 7.29. The van der Waals surface area contributed by atoms with E-state index < -0.39 is 5.97 Å². The first-order valence-electron chi connectivity index (χ1n) is 7.29. The van der Waals surface area contributed by atoms with Crippen molar-refractivity contribution in [2.45, 2.75) is 26.2 Å². The van der Waals surface area contributed by atoms with Crippen molar-refractivity contribution >= 4 is 17.6 Å². The number of nitrogens with one attached hydrogen (secondary N) is 1. The number of hydrogen-bond donors (Lipinski definition) is 2. The Morgan fingerprint density at radius 3 is 2.76 bits per heavy atom. The summed E-state index contributed by atoms with van der Waals surface area (Å²) in [6.45, 7) is 5.62. The quantitative estimate of drug-likeness (QED) is 0.838. The molecular weight excluding hydrogens is 268 g/mol. The zero-order valence-electron chi connectivity index (χ0n) is 12.5. The van der Waals surface area contributed by atoms with Crippen molar-refractivity contribution in [1.82, 2.24) is 5.32 Å². The lowest BCUT2D eigenvalue weighted by Gasteiger charge is -2.19. The summed E-state index contributed by atoms with van der Waals surface area (Å²) in [6.07, 6.45) is 0.0983. The number of carbonyl (C=O) groups excluding carboxylic acids is 1. The second-order valence-corrected chi connectivity index (χ2v) is 5.93. The van der Waals surface area contributed by atoms with Gasteiger partial charge in [0.1, 0.15) is 0 Å². The number of aliphatic carboxylic acids is 1. The summed E-state index contributed by atoms with van der Waals surface area (Å²) in [6, 6.07) is 7.74. The van der Waals surface area contributed by atoms with Gasteiger partial charge in [0.2, 0.25) is 5.91 Å². The highest BCUT2D eigenvalue weighted by Crippen LogP contribution is 2.37. The minimum absolute atomic E-state index is 0.0190. The highest BCUT2D eigenvalue weighted by atomic mass is 16.4. The summed E-state index contributed by atoms with van der Waals surface area (Å²) in [7, 11) is 0. The molecule has 0 bridgehead atoms. The summed E-state index contributed by atoms with van der Waals surface area (Å²) in [5, 5.41) is 11.9. The van der Waals surface area contributed by atoms with Gasteiger partial charge < -0.3 is 15.3 Å². The molecule has 0 fully saturated rings. The Morgan fingerprint density at radius 2 is 2.10 bits per heavy atom. The fourth-order valence-corrected chi connectivity index (χ4v) is 2.67. The fraction of sp³-hybridized carbons (Fsp3) is 0.500. The molecule has 0 aliphatic carbocycles. The van der Waals surface area contributed by atoms with E-state index in [9.17, 15) is 9.59 Å². The van der Waals surface area contributed by atoms with Gasteiger partial charge in [0.25, 0.3) is 0 Å². The lowest BCUT2D eigenvalue weighted by atomic mass is 9.98. The minimum Gasteiger partial charge on any atom is -0.481 e. The van der Waals surface area contributed by atoms with Crippen LogP contribution in [0.25, 0.3) is 0 Å². The summed E-state index contributed by atoms with van der Waals surface area (Å²) in [4.78, 5) is 24.9. The highest BCUT2D eigenvalue weighted by Gasteiger charge is 2.30. The van der Waals surface area contributed by atoms with Crippen LogP contribution in [0.4, 0.5) is 5.69 Å². The Bertz CT molecular complexity index is 528. The fourth-order valence-electron chi connectivity index (χ4n) is 2.67. The largest absolute Gasteiger partial charge is 0.481 e. The molecule has 114 valence electrons. The van der Waals surface area contributed by atoms with Gasteiger partial charge in [-0.2, -0.15) is 0 Å². The zero-order chi connectivity index (χ0) is 15.4. The van der Waals surface area contributed by atoms with Gasteiger partial charge >= 0.3 is 5.97 Å². The lowest BCUT2D eigenvalue weighted by Crippen LogP contribution is -2.38. The Morgan fingerprint density at radius 1 is 1.38 bits per heavy atom. The van der Waals surface area contributed by atoms with E-state index in [2.05, 4.69) is 5.32 Å². The van der Waals surface area contributed by atoms with E-state index in [-0.39, 0.29) is 24.8 Å². The Labute approximate surface area is 125 Å². The molecule has 1 unspecified atom stereocenters. The number of rotatable bonds is 6. The molecule has 0 radical (unpaired) electrons. The van der Waals surface area contributed by atoms with E-state index >= 15 is 0 Å². The molecule has 0 saturated heterocycles. The third kappa shape index (κ3) is 3.97. The van der Waals surface area contributed by atoms with Gasteiger partial charge in [-0.1, -0.05) is 32.0 Å². The molecule has 1 aliphatic heterocycles. The Hall–Kier alpha value is -2.04. The van der Waals surface area contributed by atoms with Crippen molar-refractivity contribution < 1.29 is 14.7 Å². The average molecular weight is 290 g/mol. The number of hydrogen-bond acceptors (Lipinski definition) is 3. The number of para-hydroxylation sites is 1. The lowest BCUT2D eigenvalue weighted by molar-refractivity contribution is -0.137. The van der Waals surface area contributed by atoms with Crippen LogP contribution in [0, 0.1) is 5.92 Å². The van der Waals surface area contributed by atoms with Crippen LogP contribution in [0.1, 0.15) is 31.7 Å². The van der Waals surface area contributed by atoms with Crippen molar-refractivity contribution in [3.63, 3.8) is 0 Å². The standard InChI is InChI=1S/C16H22N2O3/c1-11(2)8-17-15(19)10-18-9-12(7-16(20)21)13-5-3-4-6-14(13)18/h3-6,11-12H,7-10H2,1-2H3,(H,17,19)(H,20,21). The number of benzene rings is 1. The molecule has 1 amide bonds. The first kappa shape index (κ1) is 15.4. The number of carboxylic acids is 1. The van der Waals surface area contributed by atoms with Gasteiger partial charge in [-0.05, 0) is 17.5 Å². The zero-order valence-corrected chi connectivity index (χ0v) is 12.5. The van der Waals surface area contributed by atoms with Gasteiger partial charge in [-0.3, -0.25) is 9.59 Å². The molecule has 1 atom stereocenters. The number of carbonyl (C=O) groups is 2. The molecule has 21 heavy (non-hydrogen) atoms. The van der Waals surface area contributed by atoms with Gasteiger partial charge in [-0.25, -0.2) is 0 Å². The Balaban J connectivity index is 2.05. The monoisotopic (exact) mass is 290 g/mol. The third-order valence-corrected chi connectivity index (χ3v) is 3.62. The molecular formula is C16H22N2O3. The number of carboxylic acid groups (broad SMARTS) is 1. The van der Waals surface area contributed by atoms with Crippen molar-refractivity contribution in [2.24, 2.45) is 5.92 Å². The van der Waals surface area contributed by atoms with E-state index in [1.807, 2.05) is 43.0 Å². The van der Waals surface area contributed by atoms with E-state index in [0.717, 1.165) is 11.3 Å². The van der Waals surface area contributed by atoms with Gasteiger partial charge in [0, 0.05) is 24.7 Å². The van der Waals surface area contributed by atoms with Crippen LogP contribution < -0.4 is 10.2 Å². The van der Waals surface area contributed by atoms with Crippen LogP contribution in [0.2, 0.25) is 0 Å². The molecule has 1 aromatic rings. The van der Waals surface area contributed by atoms with Crippen LogP contribution in [-0.2, 0) is 9.59 Å². The van der Waals surface area contributed by atoms with Crippen LogP contribution in [-0.4, -0.2) is 36.6 Å². The second kappa shape index (κ2) is 6.61. The molecule has 2 rings (SSSR count). The van der Waals surface area contributed by atoms with Gasteiger partial charge in [-0.15, -0.1) is 0 Å². The summed E-state index contributed by atoms with van der Waals surface area (Å²) in [5.74, 6) is -0.452. The summed E-state index contributed by atoms with van der Waals surface area (Å²) in [5.41, 5.74) is 2.00. The summed E-state index contributed by atoms with van der Waals surface area (Å²) < 4.78 is 0. The molecule has 0 spiro atoms. The van der Waals surface area contributed by atoms with E-state index in [0.29, 0.717) is 19.0 Å². The molecule has 1 heterocycles. The molecule has 0 aromatic heterocycles. The second-order valence-electron chi connectivity index (χ2n) is 5.93. The maximum Gasteiger partial charge on any atom is 0.304 e. The minimum atomic E-state index is -0.805. The maximum atomic E-state index is 12.0. The smallest absolute Gasteiger partial charge is 0.304 e. The van der Waals surface area contributed by atoms with Gasteiger partial charge in [0.05, 0.1) is 13.0 Å². The number of nitrogens with zero attached hydrogens (tertiary/aromatic N) is 1. The SMILES string of the molecule is CC(C)CNC(=O)CN1CC(CC(=O)O)c2ccccc21. The van der Waals surface area contributed by atoms with Crippen LogP contribution >= 0.6 is 0 Å². The Kier molecular flexibility index (Phi) is 4.83. The van der Waals surface area contributed by atoms with E-state index in [4.69, 9.17) is 5.11 Å². The normalized spacial score (nSPS) is 16.9. The molecule has 0 saturated carbocycles. The van der Waals surface area contributed by atoms with E-state index in [1.54, 1.807) is 0 Å². The summed E-state index contributed by atoms with van der Waals surface area (Å²) >= 11 is 0. The molecule has 1 aromatic carbocycles. The van der Waals surface area contributed by atoms with E-state index in [1.165, 1.54) is 0 Å². The third-order valence-electron chi connectivity index (χ3n) is 3.62. The predicted molar refractivity (Wildman–Crippen MR) is 81.5 cm³/mol. The topological polar surface area (TPSA) is 69.6 Å². The van der Waals surface area contributed by atoms with Crippen molar-refractivity contribution in [3.8, 4) is 0 Å². The van der Waals surface area contributed by atoms with Crippen molar-refractivity contribution in [1.29, 1.82) is 0 Å². The van der Waals surface area contributed by atoms with Crippen LogP contribution in [0.5, 0.6) is 0 Å². The first-order chi connectivity index (χ1) is 9.97. The maximum absolute atomic E-state index is 12.0. The van der Waals surface area contributed by atoms with Gasteiger partial charge in [0.15, 0.2) is 0 Å². The molecule has 1 aliphatic rings. The molecule has 5 heteroatoms. The van der Waals surface area contributed by atoms with Crippen LogP contribution in [0.15, 0.2) is 24.3 Å². The highest BCUT2D eigenvalue weighted by molar-refractivity contribution is 5.83. The van der Waals surface area contributed by atoms with Crippen molar-refractivity contribution in [3.05, 3.63) is 29.8 Å². The average Bonchev–Trinajstić information content (AvgIpc) is 2.74.